The molecule has 1 aliphatic rings. The topological polar surface area (TPSA) is 99.0 Å². The summed E-state index contributed by atoms with van der Waals surface area (Å²) in [6, 6.07) is 5.50. The highest BCUT2D eigenvalue weighted by molar-refractivity contribution is 6.34. The molecular weight excluding hydrogens is 517 g/mol. The minimum atomic E-state index is -1.27. The molecule has 0 fully saturated rings. The van der Waals surface area contributed by atoms with E-state index in [0.717, 1.165) is 53.1 Å². The van der Waals surface area contributed by atoms with E-state index >= 15 is 0 Å². The van der Waals surface area contributed by atoms with E-state index < -0.39 is 16.4 Å². The van der Waals surface area contributed by atoms with Gasteiger partial charge in [0.15, 0.2) is 17.8 Å². The number of allylic oxidation sites excluding steroid dienone is 4. The number of aryl methyl sites for hydroxylation is 1. The standard InChI is InChI=1S/C31H33ClFN3O3/c1-17(2)20-12-13-22-26(14-20)35-29-23(31(34)38)15-24(32)27(28(22)29)18(3)8-6-9-19(4)36(5,39)30-21(16-37)10-7-11-25(30)33/h6-11,15-17,20,35H,4,12-14H2,1-3,5H3,(H2,34,38)/b9-6-,18-8+. The van der Waals surface area contributed by atoms with Crippen LogP contribution < -0.4 is 10.4 Å². The van der Waals surface area contributed by atoms with E-state index in [9.17, 15) is 19.2 Å². The molecule has 6 nitrogen and oxygen atoms in total. The summed E-state index contributed by atoms with van der Waals surface area (Å²) in [5.41, 5.74) is 10.3. The second kappa shape index (κ2) is 10.9. The molecule has 3 aromatic rings. The Morgan fingerprint density at radius 3 is 2.72 bits per heavy atom. The third-order valence-electron chi connectivity index (χ3n) is 7.81. The van der Waals surface area contributed by atoms with Crippen LogP contribution in [0.3, 0.4) is 0 Å². The van der Waals surface area contributed by atoms with Gasteiger partial charge in [0.25, 0.3) is 5.91 Å². The SMILES string of the molecule is C=C(/C=C\C=C(/C)c1c(Cl)cc(C(N)=O)c2[nH]c3c(c12)CCC(C(C)C)C3)[N+](C)([O-])c1c(F)cccc1C=O. The van der Waals surface area contributed by atoms with Gasteiger partial charge < -0.3 is 15.9 Å². The van der Waals surface area contributed by atoms with Crippen molar-refractivity contribution < 1.29 is 14.0 Å². The zero-order valence-electron chi connectivity index (χ0n) is 22.6. The van der Waals surface area contributed by atoms with Crippen LogP contribution in [0.5, 0.6) is 0 Å². The third kappa shape index (κ3) is 5.22. The van der Waals surface area contributed by atoms with Crippen molar-refractivity contribution in [2.24, 2.45) is 17.6 Å². The average molecular weight is 550 g/mol. The lowest BCUT2D eigenvalue weighted by atomic mass is 9.80. The van der Waals surface area contributed by atoms with Crippen LogP contribution in [-0.4, -0.2) is 24.2 Å². The number of hydrogen-bond acceptors (Lipinski definition) is 3. The molecule has 1 heterocycles. The minimum absolute atomic E-state index is 0.0329. The Morgan fingerprint density at radius 1 is 1.36 bits per heavy atom. The molecule has 4 rings (SSSR count). The van der Waals surface area contributed by atoms with Crippen LogP contribution in [0.25, 0.3) is 16.5 Å². The fraction of sp³-hybridized carbons (Fsp3) is 0.290. The number of nitrogens with one attached hydrogen (secondary N) is 1. The van der Waals surface area contributed by atoms with Crippen LogP contribution in [-0.2, 0) is 12.8 Å². The fourth-order valence-electron chi connectivity index (χ4n) is 5.50. The van der Waals surface area contributed by atoms with Gasteiger partial charge in [-0.25, -0.2) is 4.39 Å². The number of carbonyl (C=O) groups is 2. The van der Waals surface area contributed by atoms with E-state index in [0.29, 0.717) is 34.2 Å². The zero-order chi connectivity index (χ0) is 28.6. The van der Waals surface area contributed by atoms with E-state index in [1.165, 1.54) is 25.3 Å². The predicted molar refractivity (Wildman–Crippen MR) is 157 cm³/mol. The van der Waals surface area contributed by atoms with Gasteiger partial charge in [-0.15, -0.1) is 0 Å². The van der Waals surface area contributed by atoms with Crippen LogP contribution in [0.1, 0.15) is 64.7 Å². The summed E-state index contributed by atoms with van der Waals surface area (Å²) >= 11 is 6.74. The van der Waals surface area contributed by atoms with Gasteiger partial charge in [-0.3, -0.25) is 14.2 Å². The number of H-pyrrole nitrogens is 1. The summed E-state index contributed by atoms with van der Waals surface area (Å²) in [5, 5.41) is 14.7. The van der Waals surface area contributed by atoms with Crippen LogP contribution >= 0.6 is 11.6 Å². The monoisotopic (exact) mass is 549 g/mol. The Labute approximate surface area is 232 Å². The molecule has 2 atom stereocenters. The first-order valence-corrected chi connectivity index (χ1v) is 13.3. The highest BCUT2D eigenvalue weighted by Gasteiger charge is 2.29. The molecular formula is C31H33ClFN3O3. The number of para-hydroxylation sites is 1. The Bertz CT molecular complexity index is 1550. The van der Waals surface area contributed by atoms with E-state index in [4.69, 9.17) is 17.3 Å². The number of likely N-dealkylation sites (N-methyl/N-ethyl adjacent to an activating group) is 1. The van der Waals surface area contributed by atoms with E-state index in [1.807, 2.05) is 6.92 Å². The summed E-state index contributed by atoms with van der Waals surface area (Å²) in [6.07, 6.45) is 8.16. The summed E-state index contributed by atoms with van der Waals surface area (Å²) < 4.78 is 13.2. The molecule has 0 saturated heterocycles. The first-order valence-electron chi connectivity index (χ1n) is 12.9. The van der Waals surface area contributed by atoms with Gasteiger partial charge in [-0.2, -0.15) is 0 Å². The van der Waals surface area contributed by atoms with Crippen molar-refractivity contribution in [3.63, 3.8) is 0 Å². The number of fused-ring (bicyclic) bond motifs is 3. The minimum Gasteiger partial charge on any atom is -0.622 e. The van der Waals surface area contributed by atoms with Gasteiger partial charge in [0.05, 0.1) is 23.7 Å². The Kier molecular flexibility index (Phi) is 7.98. The zero-order valence-corrected chi connectivity index (χ0v) is 23.4. The molecule has 1 amide bonds. The lowest BCUT2D eigenvalue weighted by molar-refractivity contribution is 0.100. The lowest BCUT2D eigenvalue weighted by Crippen LogP contribution is -2.37. The lowest BCUT2D eigenvalue weighted by Gasteiger charge is -2.38. The molecule has 0 aliphatic heterocycles. The van der Waals surface area contributed by atoms with Gasteiger partial charge in [0.2, 0.25) is 0 Å². The number of primary amides is 1. The van der Waals surface area contributed by atoms with Crippen molar-refractivity contribution in [1.82, 2.24) is 9.63 Å². The van der Waals surface area contributed by atoms with Crippen LogP contribution in [0.4, 0.5) is 10.1 Å². The van der Waals surface area contributed by atoms with Crippen molar-refractivity contribution in [2.45, 2.75) is 40.0 Å². The van der Waals surface area contributed by atoms with Crippen molar-refractivity contribution >= 4 is 46.0 Å². The van der Waals surface area contributed by atoms with Crippen molar-refractivity contribution in [2.75, 3.05) is 7.05 Å². The number of benzene rings is 2. The number of halogens is 2. The number of nitrogens with two attached hydrogens (primary N) is 1. The maximum Gasteiger partial charge on any atom is 0.250 e. The molecule has 2 unspecified atom stereocenters. The van der Waals surface area contributed by atoms with Crippen LogP contribution in [0.2, 0.25) is 5.02 Å². The highest BCUT2D eigenvalue weighted by atomic mass is 35.5. The summed E-state index contributed by atoms with van der Waals surface area (Å²) in [7, 11) is 1.23. The van der Waals surface area contributed by atoms with Crippen LogP contribution in [0, 0.1) is 22.9 Å². The van der Waals surface area contributed by atoms with Crippen molar-refractivity contribution in [3.8, 4) is 0 Å². The van der Waals surface area contributed by atoms with E-state index in [1.54, 1.807) is 18.2 Å². The van der Waals surface area contributed by atoms with Crippen LogP contribution in [0.15, 0.2) is 54.8 Å². The summed E-state index contributed by atoms with van der Waals surface area (Å²) in [4.78, 5) is 27.2. The number of hydroxylamine groups is 2. The molecule has 0 spiro atoms. The predicted octanol–water partition coefficient (Wildman–Crippen LogP) is 7.24. The normalized spacial score (nSPS) is 17.4. The Balaban J connectivity index is 1.75. The molecule has 8 heteroatoms. The Hall–Kier alpha value is -3.52. The van der Waals surface area contributed by atoms with Gasteiger partial charge >= 0.3 is 0 Å². The fourth-order valence-corrected chi connectivity index (χ4v) is 5.85. The molecule has 1 aliphatic carbocycles. The number of aldehydes is 1. The smallest absolute Gasteiger partial charge is 0.250 e. The largest absolute Gasteiger partial charge is 0.622 e. The van der Waals surface area contributed by atoms with Crippen molar-refractivity contribution in [3.05, 3.63) is 98.8 Å². The van der Waals surface area contributed by atoms with E-state index in [2.05, 4.69) is 25.4 Å². The number of hydrogen-bond donors (Lipinski definition) is 2. The maximum absolute atomic E-state index is 14.5. The molecule has 204 valence electrons. The molecule has 0 saturated carbocycles. The number of carbonyl (C=O) groups excluding carboxylic acids is 2. The van der Waals surface area contributed by atoms with E-state index in [-0.39, 0.29) is 16.9 Å². The van der Waals surface area contributed by atoms with Gasteiger partial charge in [0, 0.05) is 21.7 Å². The number of nitrogens with zero attached hydrogens (tertiary/aromatic N) is 1. The summed E-state index contributed by atoms with van der Waals surface area (Å²) in [6.45, 7) is 10.2. The molecule has 39 heavy (non-hydrogen) atoms. The second-order valence-electron chi connectivity index (χ2n) is 10.6. The number of quaternary nitrogens is 1. The first kappa shape index (κ1) is 28.5. The maximum atomic E-state index is 14.5. The average Bonchev–Trinajstić information content (AvgIpc) is 3.25. The number of aromatic amines is 1. The summed E-state index contributed by atoms with van der Waals surface area (Å²) in [5.74, 6) is -0.249. The van der Waals surface area contributed by atoms with Crippen molar-refractivity contribution in [1.29, 1.82) is 0 Å². The first-order chi connectivity index (χ1) is 18.4. The number of rotatable bonds is 8. The van der Waals surface area contributed by atoms with Gasteiger partial charge in [0.1, 0.15) is 5.70 Å². The number of amides is 1. The van der Waals surface area contributed by atoms with Gasteiger partial charge in [-0.1, -0.05) is 43.7 Å². The third-order valence-corrected chi connectivity index (χ3v) is 8.11. The molecule has 0 radical (unpaired) electrons. The molecule has 0 bridgehead atoms. The second-order valence-corrected chi connectivity index (χ2v) is 11.1. The number of aromatic nitrogens is 1. The molecule has 3 N–H and O–H groups in total. The Morgan fingerprint density at radius 2 is 2.08 bits per heavy atom. The molecule has 1 aromatic heterocycles. The quantitative estimate of drug-likeness (QED) is 0.134. The molecule has 2 aromatic carbocycles. The highest BCUT2D eigenvalue weighted by Crippen LogP contribution is 2.42. The van der Waals surface area contributed by atoms with Gasteiger partial charge in [-0.05, 0) is 80.0 Å².